The van der Waals surface area contributed by atoms with Crippen LogP contribution in [0.25, 0.3) is 0 Å². The average Bonchev–Trinajstić information content (AvgIpc) is 3.04. The Morgan fingerprint density at radius 3 is 2.26 bits per heavy atom. The highest BCUT2D eigenvalue weighted by Crippen LogP contribution is 2.56. The monoisotopic (exact) mass is 257 g/mol. The number of aromatic hydroxyl groups is 1. The Balaban J connectivity index is 1.75. The summed E-state index contributed by atoms with van der Waals surface area (Å²) < 4.78 is 0. The Hall–Kier alpha value is -1.84. The molecule has 3 fully saturated rings. The highest BCUT2D eigenvalue weighted by Gasteiger charge is 2.61. The smallest absolute Gasteiger partial charge is 0.237 e. The van der Waals surface area contributed by atoms with E-state index in [4.69, 9.17) is 0 Å². The number of carbonyl (C=O) groups excluding carboxylic acids is 2. The lowest BCUT2D eigenvalue weighted by atomic mass is 9.81. The molecule has 2 bridgehead atoms. The number of anilines is 1. The Bertz CT molecular complexity index is 555. The fourth-order valence-corrected chi connectivity index (χ4v) is 4.30. The van der Waals surface area contributed by atoms with E-state index in [1.54, 1.807) is 18.2 Å². The van der Waals surface area contributed by atoms with Gasteiger partial charge in [-0.3, -0.25) is 9.59 Å². The first-order chi connectivity index (χ1) is 9.16. The van der Waals surface area contributed by atoms with Crippen LogP contribution in [0.4, 0.5) is 5.69 Å². The quantitative estimate of drug-likeness (QED) is 0.782. The molecule has 2 amide bonds. The molecule has 98 valence electrons. The van der Waals surface area contributed by atoms with Crippen LogP contribution in [-0.4, -0.2) is 16.9 Å². The summed E-state index contributed by atoms with van der Waals surface area (Å²) in [5.74, 6) is 0.545. The Morgan fingerprint density at radius 2 is 1.68 bits per heavy atom. The average molecular weight is 257 g/mol. The normalized spacial score (nSPS) is 36.1. The van der Waals surface area contributed by atoms with E-state index in [0.29, 0.717) is 17.5 Å². The maximum atomic E-state index is 12.5. The number of amides is 2. The van der Waals surface area contributed by atoms with Gasteiger partial charge in [-0.1, -0.05) is 6.07 Å². The minimum atomic E-state index is -0.103. The fraction of sp³-hybridized carbons (Fsp3) is 0.467. The van der Waals surface area contributed by atoms with E-state index >= 15 is 0 Å². The van der Waals surface area contributed by atoms with Gasteiger partial charge in [0.15, 0.2) is 0 Å². The summed E-state index contributed by atoms with van der Waals surface area (Å²) in [6, 6.07) is 6.39. The molecule has 0 unspecified atom stereocenters. The van der Waals surface area contributed by atoms with Crippen molar-refractivity contribution >= 4 is 17.5 Å². The molecule has 2 saturated carbocycles. The minimum Gasteiger partial charge on any atom is -0.508 e. The van der Waals surface area contributed by atoms with Crippen LogP contribution < -0.4 is 4.90 Å². The van der Waals surface area contributed by atoms with Crippen LogP contribution in [0.15, 0.2) is 24.3 Å². The molecule has 4 atom stereocenters. The molecule has 1 aliphatic heterocycles. The van der Waals surface area contributed by atoms with Crippen LogP contribution in [0.5, 0.6) is 5.75 Å². The molecule has 4 rings (SSSR count). The van der Waals surface area contributed by atoms with Crippen molar-refractivity contribution in [2.75, 3.05) is 4.90 Å². The van der Waals surface area contributed by atoms with E-state index in [9.17, 15) is 14.7 Å². The number of hydrogen-bond donors (Lipinski definition) is 1. The van der Waals surface area contributed by atoms with Gasteiger partial charge in [-0.05, 0) is 43.2 Å². The highest BCUT2D eigenvalue weighted by atomic mass is 16.3. The second kappa shape index (κ2) is 3.59. The number of carbonyl (C=O) groups is 2. The van der Waals surface area contributed by atoms with Crippen LogP contribution in [-0.2, 0) is 9.59 Å². The van der Waals surface area contributed by atoms with E-state index in [1.165, 1.54) is 11.0 Å². The van der Waals surface area contributed by atoms with Gasteiger partial charge < -0.3 is 5.11 Å². The van der Waals surface area contributed by atoms with Gasteiger partial charge in [0, 0.05) is 6.07 Å². The Morgan fingerprint density at radius 1 is 1.05 bits per heavy atom. The van der Waals surface area contributed by atoms with Crippen LogP contribution >= 0.6 is 0 Å². The van der Waals surface area contributed by atoms with Gasteiger partial charge in [0.05, 0.1) is 17.5 Å². The summed E-state index contributed by atoms with van der Waals surface area (Å²) in [6.45, 7) is 0. The van der Waals surface area contributed by atoms with Gasteiger partial charge in [-0.15, -0.1) is 0 Å². The van der Waals surface area contributed by atoms with Crippen LogP contribution in [0.3, 0.4) is 0 Å². The van der Waals surface area contributed by atoms with E-state index in [0.717, 1.165) is 19.3 Å². The summed E-state index contributed by atoms with van der Waals surface area (Å²) in [5.41, 5.74) is 0.504. The molecule has 4 nitrogen and oxygen atoms in total. The van der Waals surface area contributed by atoms with Crippen molar-refractivity contribution in [3.05, 3.63) is 24.3 Å². The van der Waals surface area contributed by atoms with Gasteiger partial charge in [-0.25, -0.2) is 4.90 Å². The number of benzene rings is 1. The molecular formula is C15H15NO3. The largest absolute Gasteiger partial charge is 0.508 e. The first-order valence-corrected chi connectivity index (χ1v) is 6.83. The summed E-state index contributed by atoms with van der Waals surface area (Å²) in [7, 11) is 0. The topological polar surface area (TPSA) is 57.6 Å². The lowest BCUT2D eigenvalue weighted by molar-refractivity contribution is -0.123. The third kappa shape index (κ3) is 1.34. The number of nitrogens with zero attached hydrogens (tertiary/aromatic N) is 1. The maximum Gasteiger partial charge on any atom is 0.237 e. The molecule has 1 aromatic rings. The van der Waals surface area contributed by atoms with Crippen molar-refractivity contribution in [2.24, 2.45) is 23.7 Å². The van der Waals surface area contributed by atoms with Crippen LogP contribution in [0.2, 0.25) is 0 Å². The van der Waals surface area contributed by atoms with Crippen molar-refractivity contribution in [1.29, 1.82) is 0 Å². The van der Waals surface area contributed by atoms with E-state index in [2.05, 4.69) is 0 Å². The summed E-state index contributed by atoms with van der Waals surface area (Å²) >= 11 is 0. The Kier molecular flexibility index (Phi) is 2.08. The summed E-state index contributed by atoms with van der Waals surface area (Å²) in [5, 5.41) is 9.52. The minimum absolute atomic E-state index is 0.0622. The number of fused-ring (bicyclic) bond motifs is 5. The van der Waals surface area contributed by atoms with Crippen molar-refractivity contribution in [3.63, 3.8) is 0 Å². The summed E-state index contributed by atoms with van der Waals surface area (Å²) in [6.07, 6.45) is 3.21. The van der Waals surface area contributed by atoms with E-state index in [-0.39, 0.29) is 29.4 Å². The zero-order valence-corrected chi connectivity index (χ0v) is 10.5. The van der Waals surface area contributed by atoms with Crippen LogP contribution in [0.1, 0.15) is 19.3 Å². The third-order valence-electron chi connectivity index (χ3n) is 5.02. The fourth-order valence-electron chi connectivity index (χ4n) is 4.30. The van der Waals surface area contributed by atoms with Crippen molar-refractivity contribution in [2.45, 2.75) is 19.3 Å². The molecule has 1 saturated heterocycles. The predicted molar refractivity (Wildman–Crippen MR) is 68.4 cm³/mol. The van der Waals surface area contributed by atoms with Crippen molar-refractivity contribution in [1.82, 2.24) is 0 Å². The van der Waals surface area contributed by atoms with Crippen molar-refractivity contribution < 1.29 is 14.7 Å². The SMILES string of the molecule is O=C1[C@@H]2[C@H]3CC[C@@H](C3)[C@@H]2C(=O)N1c1cccc(O)c1. The second-order valence-corrected chi connectivity index (χ2v) is 5.92. The third-order valence-corrected chi connectivity index (χ3v) is 5.02. The lowest BCUT2D eigenvalue weighted by Crippen LogP contribution is -2.32. The number of phenols is 1. The summed E-state index contributed by atoms with van der Waals surface area (Å²) in [4.78, 5) is 26.3. The van der Waals surface area contributed by atoms with Gasteiger partial charge in [-0.2, -0.15) is 0 Å². The van der Waals surface area contributed by atoms with Gasteiger partial charge >= 0.3 is 0 Å². The first kappa shape index (κ1) is 11.0. The van der Waals surface area contributed by atoms with Crippen molar-refractivity contribution in [3.8, 4) is 5.75 Å². The maximum absolute atomic E-state index is 12.5. The van der Waals surface area contributed by atoms with E-state index < -0.39 is 0 Å². The van der Waals surface area contributed by atoms with Crippen LogP contribution in [0, 0.1) is 23.7 Å². The molecule has 1 aromatic carbocycles. The standard InChI is InChI=1S/C15H15NO3/c17-11-3-1-2-10(7-11)16-14(18)12-8-4-5-9(6-8)13(12)15(16)19/h1-3,7-9,12-13,17H,4-6H2/t8-,9-,12-,13+/m0/s1. The molecule has 4 heteroatoms. The van der Waals surface area contributed by atoms with Gasteiger partial charge in [0.2, 0.25) is 11.8 Å². The van der Waals surface area contributed by atoms with Gasteiger partial charge in [0.25, 0.3) is 0 Å². The lowest BCUT2D eigenvalue weighted by Gasteiger charge is -2.19. The molecule has 19 heavy (non-hydrogen) atoms. The zero-order chi connectivity index (χ0) is 13.1. The second-order valence-electron chi connectivity index (χ2n) is 5.92. The molecule has 1 N–H and O–H groups in total. The molecule has 2 aliphatic carbocycles. The first-order valence-electron chi connectivity index (χ1n) is 6.83. The molecule has 1 heterocycles. The highest BCUT2D eigenvalue weighted by molar-refractivity contribution is 6.22. The molecule has 0 spiro atoms. The Labute approximate surface area is 111 Å². The predicted octanol–water partition coefficient (Wildman–Crippen LogP) is 1.93. The number of rotatable bonds is 1. The number of phenolic OH excluding ortho intramolecular Hbond substituents is 1. The van der Waals surface area contributed by atoms with E-state index in [1.807, 2.05) is 0 Å². The molecule has 3 aliphatic rings. The zero-order valence-electron chi connectivity index (χ0n) is 10.5. The molecule has 0 aromatic heterocycles. The molecule has 0 radical (unpaired) electrons. The molecular weight excluding hydrogens is 242 g/mol. The van der Waals surface area contributed by atoms with Gasteiger partial charge in [0.1, 0.15) is 5.75 Å². The number of imide groups is 1. The number of hydrogen-bond acceptors (Lipinski definition) is 3.